The van der Waals surface area contributed by atoms with E-state index in [-0.39, 0.29) is 65.3 Å². The van der Waals surface area contributed by atoms with Gasteiger partial charge in [-0.05, 0) is 73.5 Å². The molecule has 234 valence electrons. The number of rotatable bonds is 9. The van der Waals surface area contributed by atoms with Crippen molar-refractivity contribution in [3.05, 3.63) is 0 Å². The Morgan fingerprint density at radius 3 is 2.39 bits per heavy atom. The van der Waals surface area contributed by atoms with Crippen LogP contribution in [0, 0.1) is 46.3 Å². The molecule has 0 aromatic rings. The van der Waals surface area contributed by atoms with E-state index in [1.165, 1.54) is 0 Å². The number of esters is 1. The van der Waals surface area contributed by atoms with E-state index in [9.17, 15) is 45.5 Å². The van der Waals surface area contributed by atoms with Crippen LogP contribution < -0.4 is 0 Å². The molecule has 13 heteroatoms. The van der Waals surface area contributed by atoms with Crippen molar-refractivity contribution >= 4 is 27.7 Å². The number of aliphatic hydroxyl groups is 1. The summed E-state index contributed by atoms with van der Waals surface area (Å²) in [6.45, 7) is 4.81. The third kappa shape index (κ3) is 5.36. The van der Waals surface area contributed by atoms with Crippen LogP contribution in [0.4, 0.5) is 17.6 Å². The number of halogens is 4. The first-order valence-electron chi connectivity index (χ1n) is 14.4. The van der Waals surface area contributed by atoms with Gasteiger partial charge in [0.05, 0.1) is 19.1 Å². The molecule has 0 aliphatic heterocycles. The third-order valence-electron chi connectivity index (χ3n) is 11.3. The van der Waals surface area contributed by atoms with Gasteiger partial charge in [-0.15, -0.1) is 0 Å². The average molecular weight is 613 g/mol. The van der Waals surface area contributed by atoms with E-state index in [1.807, 2.05) is 13.8 Å². The summed E-state index contributed by atoms with van der Waals surface area (Å²) in [5, 5.41) is 4.49. The van der Waals surface area contributed by atoms with Gasteiger partial charge in [-0.3, -0.25) is 18.9 Å². The summed E-state index contributed by atoms with van der Waals surface area (Å²) in [6.07, 6.45) is 1.95. The molecule has 0 aromatic carbocycles. The summed E-state index contributed by atoms with van der Waals surface area (Å²) in [6, 6.07) is 0. The van der Waals surface area contributed by atoms with Crippen LogP contribution in [0.5, 0.6) is 0 Å². The number of aliphatic hydroxyl groups excluding tert-OH is 1. The number of alkyl halides is 4. The van der Waals surface area contributed by atoms with Crippen molar-refractivity contribution in [2.24, 2.45) is 46.3 Å². The minimum absolute atomic E-state index is 0.0535. The number of carbonyl (C=O) groups is 3. The van der Waals surface area contributed by atoms with Crippen molar-refractivity contribution in [3.63, 3.8) is 0 Å². The largest absolute Gasteiger partial charge is 0.465 e. The van der Waals surface area contributed by atoms with Gasteiger partial charge in [0.25, 0.3) is 0 Å². The third-order valence-corrected chi connectivity index (χ3v) is 12.2. The lowest BCUT2D eigenvalue weighted by molar-refractivity contribution is -0.174. The van der Waals surface area contributed by atoms with Crippen molar-refractivity contribution in [1.82, 2.24) is 0 Å². The highest BCUT2D eigenvalue weighted by molar-refractivity contribution is 7.87. The Kier molecular flexibility index (Phi) is 8.54. The number of fused-ring (bicyclic) bond motifs is 5. The fraction of sp³-hybridized carbons (Fsp3) is 0.893. The quantitative estimate of drug-likeness (QED) is 0.215. The highest BCUT2D eigenvalue weighted by atomic mass is 32.2. The fourth-order valence-electron chi connectivity index (χ4n) is 8.82. The Hall–Kier alpha value is -1.60. The van der Waals surface area contributed by atoms with Crippen molar-refractivity contribution in [3.8, 4) is 0 Å². The number of Topliss-reactive ketones (excluding diaryl/α,β-unsaturated/α-hetero) is 2. The van der Waals surface area contributed by atoms with Gasteiger partial charge < -0.3 is 9.84 Å². The van der Waals surface area contributed by atoms with E-state index in [4.69, 9.17) is 4.55 Å². The molecule has 0 aromatic heterocycles. The normalized spacial score (nSPS) is 38.6. The van der Waals surface area contributed by atoms with Crippen molar-refractivity contribution in [2.45, 2.75) is 102 Å². The van der Waals surface area contributed by atoms with Crippen LogP contribution in [0.15, 0.2) is 0 Å². The summed E-state index contributed by atoms with van der Waals surface area (Å²) in [7, 11) is -6.37. The molecule has 9 atom stereocenters. The highest BCUT2D eigenvalue weighted by Crippen LogP contribution is 2.66. The first kappa shape index (κ1) is 32.3. The van der Waals surface area contributed by atoms with Crippen LogP contribution >= 0.6 is 0 Å². The number of carbonyl (C=O) groups excluding carboxylic acids is 3. The molecule has 0 heterocycles. The molecule has 0 saturated heterocycles. The highest BCUT2D eigenvalue weighted by Gasteiger charge is 2.67. The standard InChI is InChI=1S/C28H40F4O8S/c1-15(4-7-23(36)40-11-10-27(29,30)28(31,32)41(37,38)39)18-5-6-19-24-20(14-22(35)26(18,19)3)25(2)9-8-17(33)12-16(25)13-21(24)34/h15-20,24,33H,4-14H2,1-3H3,(H,37,38,39). The molecule has 4 saturated carbocycles. The zero-order valence-corrected chi connectivity index (χ0v) is 24.4. The van der Waals surface area contributed by atoms with Crippen LogP contribution in [0.25, 0.3) is 0 Å². The monoisotopic (exact) mass is 612 g/mol. The zero-order valence-electron chi connectivity index (χ0n) is 23.6. The minimum Gasteiger partial charge on any atom is -0.465 e. The Morgan fingerprint density at radius 1 is 1.10 bits per heavy atom. The predicted molar refractivity (Wildman–Crippen MR) is 137 cm³/mol. The lowest BCUT2D eigenvalue weighted by atomic mass is 9.43. The van der Waals surface area contributed by atoms with Crippen molar-refractivity contribution in [2.75, 3.05) is 6.61 Å². The topological polar surface area (TPSA) is 135 Å². The first-order valence-corrected chi connectivity index (χ1v) is 15.8. The van der Waals surface area contributed by atoms with Crippen LogP contribution in [0.2, 0.25) is 0 Å². The lowest BCUT2D eigenvalue weighted by Crippen LogP contribution is -2.60. The smallest absolute Gasteiger partial charge is 0.431 e. The SMILES string of the molecule is CC(CCC(=O)OCCC(F)(F)C(F)(F)S(=O)(=O)O)C1CCC2C3C(=O)CC4CC(O)CCC4(C)C3CC(=O)C12C. The summed E-state index contributed by atoms with van der Waals surface area (Å²) >= 11 is 0. The van der Waals surface area contributed by atoms with E-state index >= 15 is 0 Å². The Morgan fingerprint density at radius 2 is 1.76 bits per heavy atom. The van der Waals surface area contributed by atoms with E-state index in [1.54, 1.807) is 0 Å². The fourth-order valence-corrected chi connectivity index (χ4v) is 9.30. The number of hydrogen-bond donors (Lipinski definition) is 2. The zero-order chi connectivity index (χ0) is 30.8. The van der Waals surface area contributed by atoms with E-state index in [0.717, 1.165) is 6.42 Å². The minimum atomic E-state index is -6.37. The molecule has 9 unspecified atom stereocenters. The Balaban J connectivity index is 1.37. The number of ether oxygens (including phenoxy) is 1. The molecular formula is C28H40F4O8S. The molecule has 0 bridgehead atoms. The van der Waals surface area contributed by atoms with Gasteiger partial charge in [-0.2, -0.15) is 26.0 Å². The van der Waals surface area contributed by atoms with E-state index < -0.39 is 51.8 Å². The van der Waals surface area contributed by atoms with Gasteiger partial charge in [-0.1, -0.05) is 20.8 Å². The van der Waals surface area contributed by atoms with Crippen LogP contribution in [-0.4, -0.2) is 59.5 Å². The lowest BCUT2D eigenvalue weighted by Gasteiger charge is -2.59. The summed E-state index contributed by atoms with van der Waals surface area (Å²) in [5.74, 6) is -6.39. The van der Waals surface area contributed by atoms with Crippen LogP contribution in [-0.2, 0) is 29.2 Å². The maximum absolute atomic E-state index is 13.8. The van der Waals surface area contributed by atoms with Gasteiger partial charge in [-0.25, -0.2) is 0 Å². The van der Waals surface area contributed by atoms with Gasteiger partial charge in [0, 0.05) is 30.6 Å². The van der Waals surface area contributed by atoms with Crippen LogP contribution in [0.1, 0.15) is 85.0 Å². The molecule has 0 amide bonds. The van der Waals surface area contributed by atoms with Gasteiger partial charge in [0.1, 0.15) is 11.6 Å². The molecule has 4 aliphatic rings. The summed E-state index contributed by atoms with van der Waals surface area (Å²) in [5.41, 5.74) is -0.925. The van der Waals surface area contributed by atoms with Gasteiger partial charge in [0.15, 0.2) is 0 Å². The Labute approximate surface area is 237 Å². The molecule has 2 N–H and O–H groups in total. The van der Waals surface area contributed by atoms with Crippen molar-refractivity contribution in [1.29, 1.82) is 0 Å². The first-order chi connectivity index (χ1) is 18.8. The molecule has 4 rings (SSSR count). The number of hydrogen-bond acceptors (Lipinski definition) is 7. The summed E-state index contributed by atoms with van der Waals surface area (Å²) < 4.78 is 88.2. The second-order valence-electron chi connectivity index (χ2n) is 13.3. The second kappa shape index (κ2) is 10.8. The van der Waals surface area contributed by atoms with Gasteiger partial charge in [0.2, 0.25) is 0 Å². The van der Waals surface area contributed by atoms with Crippen LogP contribution in [0.3, 0.4) is 0 Å². The number of ketones is 2. The Bertz CT molecular complexity index is 1180. The average Bonchev–Trinajstić information content (AvgIpc) is 3.22. The molecule has 0 radical (unpaired) electrons. The van der Waals surface area contributed by atoms with Crippen molar-refractivity contribution < 1.29 is 54.8 Å². The molecule has 4 aliphatic carbocycles. The maximum atomic E-state index is 13.8. The van der Waals surface area contributed by atoms with Gasteiger partial charge >= 0.3 is 27.3 Å². The molecule has 0 spiro atoms. The maximum Gasteiger partial charge on any atom is 0.431 e. The van der Waals surface area contributed by atoms with E-state index in [2.05, 4.69) is 11.7 Å². The molecule has 41 heavy (non-hydrogen) atoms. The predicted octanol–water partition coefficient (Wildman–Crippen LogP) is 4.83. The summed E-state index contributed by atoms with van der Waals surface area (Å²) in [4.78, 5) is 39.5. The van der Waals surface area contributed by atoms with E-state index in [0.29, 0.717) is 38.5 Å². The molecular weight excluding hydrogens is 572 g/mol. The molecule has 4 fully saturated rings. The second-order valence-corrected chi connectivity index (χ2v) is 14.8. The molecule has 8 nitrogen and oxygen atoms in total.